The van der Waals surface area contributed by atoms with Crippen LogP contribution in [0.25, 0.3) is 0 Å². The van der Waals surface area contributed by atoms with Gasteiger partial charge >= 0.3 is 0 Å². The van der Waals surface area contributed by atoms with Crippen molar-refractivity contribution < 1.29 is 5.11 Å². The predicted octanol–water partition coefficient (Wildman–Crippen LogP) is -0.740. The van der Waals surface area contributed by atoms with Crippen LogP contribution in [0.15, 0.2) is 11.0 Å². The van der Waals surface area contributed by atoms with E-state index in [1.165, 1.54) is 6.20 Å². The summed E-state index contributed by atoms with van der Waals surface area (Å²) in [4.78, 5) is 11.5. The highest BCUT2D eigenvalue weighted by Crippen LogP contribution is 2.14. The topological polar surface area (TPSA) is 93.2 Å². The molecule has 0 aromatic carbocycles. The average molecular weight is 233 g/mol. The second-order valence-corrected chi connectivity index (χ2v) is 3.22. The Balaban J connectivity index is 2.94. The van der Waals surface area contributed by atoms with Crippen molar-refractivity contribution in [2.45, 2.75) is 6.54 Å². The fraction of sp³-hybridized carbons (Fsp3) is 0.500. The Morgan fingerprint density at radius 3 is 3.00 bits per heavy atom. The maximum Gasteiger partial charge on any atom is 0.287 e. The minimum atomic E-state index is -0.423. The number of aliphatic hydroxyl groups is 1. The number of halogens is 1. The summed E-state index contributed by atoms with van der Waals surface area (Å²) in [5.74, 6) is 0. The zero-order valence-electron chi connectivity index (χ0n) is 8.11. The highest BCUT2D eigenvalue weighted by atomic mass is 35.5. The molecule has 0 radical (unpaired) electrons. The highest BCUT2D eigenvalue weighted by molar-refractivity contribution is 6.32. The molecule has 6 nitrogen and oxygen atoms in total. The molecule has 0 atom stereocenters. The normalized spacial score (nSPS) is 10.3. The third kappa shape index (κ3) is 2.92. The molecule has 1 heterocycles. The molecule has 4 N–H and O–H groups in total. The lowest BCUT2D eigenvalue weighted by atomic mass is 10.4. The molecule has 0 aliphatic carbocycles. The molecular formula is C8H13ClN4O2. The molecule has 7 heteroatoms. The summed E-state index contributed by atoms with van der Waals surface area (Å²) >= 11 is 5.81. The van der Waals surface area contributed by atoms with E-state index in [1.807, 2.05) is 0 Å². The van der Waals surface area contributed by atoms with Gasteiger partial charge in [0.15, 0.2) is 0 Å². The lowest BCUT2D eigenvalue weighted by Gasteiger charge is -2.08. The van der Waals surface area contributed by atoms with Gasteiger partial charge in [-0.15, -0.1) is 0 Å². The molecule has 0 amide bonds. The fourth-order valence-corrected chi connectivity index (χ4v) is 1.26. The molecule has 1 aromatic heterocycles. The van der Waals surface area contributed by atoms with Crippen LogP contribution in [0.2, 0.25) is 5.02 Å². The molecule has 0 fully saturated rings. The zero-order valence-corrected chi connectivity index (χ0v) is 8.87. The minimum absolute atomic E-state index is 0.0619. The summed E-state index contributed by atoms with van der Waals surface area (Å²) in [6.45, 7) is 0.940. The number of hydrogen-bond acceptors (Lipinski definition) is 5. The third-order valence-corrected chi connectivity index (χ3v) is 2.12. The number of aliphatic hydroxyl groups excluding tert-OH is 1. The molecule has 0 saturated carbocycles. The quantitative estimate of drug-likeness (QED) is 0.622. The first-order valence-corrected chi connectivity index (χ1v) is 4.89. The zero-order chi connectivity index (χ0) is 11.3. The molecule has 0 spiro atoms. The summed E-state index contributed by atoms with van der Waals surface area (Å²) < 4.78 is 1.11. The van der Waals surface area contributed by atoms with Crippen LogP contribution in [0.4, 0.5) is 5.69 Å². The monoisotopic (exact) mass is 232 g/mol. The van der Waals surface area contributed by atoms with Gasteiger partial charge in [-0.2, -0.15) is 5.10 Å². The van der Waals surface area contributed by atoms with E-state index < -0.39 is 5.56 Å². The van der Waals surface area contributed by atoms with Gasteiger partial charge in [-0.3, -0.25) is 4.79 Å². The van der Waals surface area contributed by atoms with Crippen LogP contribution in [0, 0.1) is 0 Å². The predicted molar refractivity (Wildman–Crippen MR) is 58.1 cm³/mol. The van der Waals surface area contributed by atoms with E-state index in [1.54, 1.807) is 0 Å². The molecule has 0 aliphatic rings. The smallest absolute Gasteiger partial charge is 0.287 e. The molecular weight excluding hydrogens is 220 g/mol. The van der Waals surface area contributed by atoms with Gasteiger partial charge in [-0.1, -0.05) is 11.6 Å². The number of nitrogens with zero attached hydrogens (tertiary/aromatic N) is 2. The van der Waals surface area contributed by atoms with Crippen molar-refractivity contribution in [3.8, 4) is 0 Å². The number of nitrogens with two attached hydrogens (primary N) is 1. The first kappa shape index (κ1) is 12.0. The molecule has 15 heavy (non-hydrogen) atoms. The van der Waals surface area contributed by atoms with Crippen LogP contribution >= 0.6 is 11.6 Å². The molecule has 0 unspecified atom stereocenters. The summed E-state index contributed by atoms with van der Waals surface area (Å²) in [5, 5.41) is 15.4. The van der Waals surface area contributed by atoms with Gasteiger partial charge in [-0.05, 0) is 0 Å². The Morgan fingerprint density at radius 1 is 1.67 bits per heavy atom. The van der Waals surface area contributed by atoms with Crippen molar-refractivity contribution in [2.75, 3.05) is 25.0 Å². The highest BCUT2D eigenvalue weighted by Gasteiger charge is 2.07. The first-order valence-electron chi connectivity index (χ1n) is 4.51. The van der Waals surface area contributed by atoms with E-state index >= 15 is 0 Å². The Labute approximate surface area is 91.7 Å². The number of anilines is 1. The Kier molecular flexibility index (Phi) is 4.54. The van der Waals surface area contributed by atoms with Gasteiger partial charge in [0.2, 0.25) is 0 Å². The summed E-state index contributed by atoms with van der Waals surface area (Å²) in [7, 11) is 0. The third-order valence-electron chi connectivity index (χ3n) is 1.76. The van der Waals surface area contributed by atoms with Crippen LogP contribution in [0.5, 0.6) is 0 Å². The van der Waals surface area contributed by atoms with Crippen molar-refractivity contribution >= 4 is 17.3 Å². The van der Waals surface area contributed by atoms with E-state index in [-0.39, 0.29) is 18.2 Å². The van der Waals surface area contributed by atoms with Gasteiger partial charge in [0.05, 0.1) is 25.0 Å². The van der Waals surface area contributed by atoms with Crippen molar-refractivity contribution in [3.63, 3.8) is 0 Å². The lowest BCUT2D eigenvalue weighted by molar-refractivity contribution is 0.266. The standard InChI is InChI=1S/C8H13ClN4O2/c9-7-6(11-2-1-10)5-12-13(3-4-14)8(7)15/h5,11,14H,1-4,10H2. The van der Waals surface area contributed by atoms with E-state index in [2.05, 4.69) is 10.4 Å². The van der Waals surface area contributed by atoms with Crippen molar-refractivity contribution in [2.24, 2.45) is 5.73 Å². The van der Waals surface area contributed by atoms with E-state index in [0.717, 1.165) is 4.68 Å². The van der Waals surface area contributed by atoms with E-state index in [4.69, 9.17) is 22.4 Å². The number of nitrogens with one attached hydrogen (secondary N) is 1. The van der Waals surface area contributed by atoms with Gasteiger partial charge in [0.1, 0.15) is 5.02 Å². The lowest BCUT2D eigenvalue weighted by Crippen LogP contribution is -2.26. The summed E-state index contributed by atoms with van der Waals surface area (Å²) in [6.07, 6.45) is 1.44. The van der Waals surface area contributed by atoms with Crippen molar-refractivity contribution in [1.29, 1.82) is 0 Å². The van der Waals surface area contributed by atoms with Gasteiger partial charge in [0, 0.05) is 13.1 Å². The molecule has 0 saturated heterocycles. The van der Waals surface area contributed by atoms with Crippen LogP contribution in [-0.4, -0.2) is 34.6 Å². The van der Waals surface area contributed by atoms with Crippen LogP contribution in [0.1, 0.15) is 0 Å². The SMILES string of the molecule is NCCNc1cnn(CCO)c(=O)c1Cl. The average Bonchev–Trinajstić information content (AvgIpc) is 2.24. The van der Waals surface area contributed by atoms with E-state index in [9.17, 15) is 4.79 Å². The van der Waals surface area contributed by atoms with Crippen LogP contribution in [0.3, 0.4) is 0 Å². The number of hydrogen-bond donors (Lipinski definition) is 3. The fourth-order valence-electron chi connectivity index (χ4n) is 1.05. The Bertz CT molecular complexity index is 379. The van der Waals surface area contributed by atoms with Crippen molar-refractivity contribution in [3.05, 3.63) is 21.6 Å². The largest absolute Gasteiger partial charge is 0.394 e. The Morgan fingerprint density at radius 2 is 2.40 bits per heavy atom. The summed E-state index contributed by atoms with van der Waals surface area (Å²) in [6, 6.07) is 0. The van der Waals surface area contributed by atoms with Gasteiger partial charge < -0.3 is 16.2 Å². The number of aromatic nitrogens is 2. The second-order valence-electron chi connectivity index (χ2n) is 2.84. The molecule has 84 valence electrons. The maximum atomic E-state index is 11.5. The van der Waals surface area contributed by atoms with Gasteiger partial charge in [0.25, 0.3) is 5.56 Å². The summed E-state index contributed by atoms with van der Waals surface area (Å²) in [5.41, 5.74) is 5.34. The molecule has 1 aromatic rings. The maximum absolute atomic E-state index is 11.5. The van der Waals surface area contributed by atoms with Gasteiger partial charge in [-0.25, -0.2) is 4.68 Å². The minimum Gasteiger partial charge on any atom is -0.394 e. The van der Waals surface area contributed by atoms with Crippen molar-refractivity contribution in [1.82, 2.24) is 9.78 Å². The van der Waals surface area contributed by atoms with Crippen LogP contribution in [-0.2, 0) is 6.54 Å². The first-order chi connectivity index (χ1) is 7.20. The Hall–Kier alpha value is -1.11. The molecule has 1 rings (SSSR count). The van der Waals surface area contributed by atoms with E-state index in [0.29, 0.717) is 18.8 Å². The van der Waals surface area contributed by atoms with Crippen LogP contribution < -0.4 is 16.6 Å². The second kappa shape index (κ2) is 5.69. The molecule has 0 bridgehead atoms. The molecule has 0 aliphatic heterocycles. The number of rotatable bonds is 5.